The van der Waals surface area contributed by atoms with Crippen molar-refractivity contribution in [2.24, 2.45) is 5.41 Å². The van der Waals surface area contributed by atoms with Gasteiger partial charge in [0, 0.05) is 22.9 Å². The summed E-state index contributed by atoms with van der Waals surface area (Å²) < 4.78 is 0. The van der Waals surface area contributed by atoms with Gasteiger partial charge in [0.15, 0.2) is 5.78 Å². The van der Waals surface area contributed by atoms with Crippen molar-refractivity contribution in [3.8, 4) is 11.1 Å². The molecule has 2 aliphatic rings. The van der Waals surface area contributed by atoms with Crippen molar-refractivity contribution in [2.75, 3.05) is 5.32 Å². The summed E-state index contributed by atoms with van der Waals surface area (Å²) in [4.78, 5) is 12.1. The first kappa shape index (κ1) is 14.3. The molecule has 0 atom stereocenters. The Morgan fingerprint density at radius 1 is 1.00 bits per heavy atom. The maximum atomic E-state index is 12.1. The van der Waals surface area contributed by atoms with Crippen LogP contribution in [0.1, 0.15) is 37.8 Å². The number of hydrogen-bond donors (Lipinski definition) is 1. The molecule has 23 heavy (non-hydrogen) atoms. The molecule has 0 heterocycles. The van der Waals surface area contributed by atoms with Gasteiger partial charge in [-0.3, -0.25) is 4.79 Å². The minimum absolute atomic E-state index is 0.218. The van der Waals surface area contributed by atoms with Crippen LogP contribution in [0.25, 0.3) is 11.1 Å². The Bertz CT molecular complexity index is 829. The van der Waals surface area contributed by atoms with Crippen LogP contribution in [0.5, 0.6) is 0 Å². The Morgan fingerprint density at radius 3 is 2.61 bits per heavy atom. The van der Waals surface area contributed by atoms with Gasteiger partial charge in [0.05, 0.1) is 0 Å². The van der Waals surface area contributed by atoms with Gasteiger partial charge < -0.3 is 5.32 Å². The predicted octanol–water partition coefficient (Wildman–Crippen LogP) is 4.94. The second-order valence-corrected chi connectivity index (χ2v) is 7.25. The summed E-state index contributed by atoms with van der Waals surface area (Å²) >= 11 is 0. The van der Waals surface area contributed by atoms with Gasteiger partial charge in [0.1, 0.15) is 0 Å². The Hall–Kier alpha value is -2.35. The molecular formula is C21H21NO. The third kappa shape index (κ3) is 2.48. The fourth-order valence-corrected chi connectivity index (χ4v) is 3.50. The average molecular weight is 303 g/mol. The molecule has 0 spiro atoms. The second-order valence-electron chi connectivity index (χ2n) is 7.25. The molecule has 2 heteroatoms. The highest BCUT2D eigenvalue weighted by atomic mass is 16.1. The summed E-state index contributed by atoms with van der Waals surface area (Å²) in [7, 11) is 0. The van der Waals surface area contributed by atoms with E-state index in [1.54, 1.807) is 6.08 Å². The Morgan fingerprint density at radius 2 is 1.78 bits per heavy atom. The number of nitrogens with one attached hydrogen (secondary N) is 1. The van der Waals surface area contributed by atoms with Crippen LogP contribution >= 0.6 is 0 Å². The normalized spacial score (nSPS) is 18.2. The molecule has 2 aromatic rings. The lowest BCUT2D eigenvalue weighted by molar-refractivity contribution is -0.123. The van der Waals surface area contributed by atoms with Crippen LogP contribution in [-0.2, 0) is 11.2 Å². The predicted molar refractivity (Wildman–Crippen MR) is 94.4 cm³/mol. The Kier molecular flexibility index (Phi) is 3.15. The highest BCUT2D eigenvalue weighted by Crippen LogP contribution is 2.38. The van der Waals surface area contributed by atoms with E-state index in [2.05, 4.69) is 47.8 Å². The molecule has 0 aromatic heterocycles. The summed E-state index contributed by atoms with van der Waals surface area (Å²) in [5.41, 5.74) is 7.33. The number of benzene rings is 2. The zero-order valence-corrected chi connectivity index (χ0v) is 13.6. The third-order valence-corrected chi connectivity index (χ3v) is 5.09. The van der Waals surface area contributed by atoms with Gasteiger partial charge in [0.2, 0.25) is 0 Å². The zero-order valence-electron chi connectivity index (χ0n) is 13.6. The molecule has 0 aliphatic heterocycles. The largest absolute Gasteiger partial charge is 0.359 e. The number of ketones is 1. The van der Waals surface area contributed by atoms with Crippen LogP contribution in [0.2, 0.25) is 0 Å². The molecule has 0 bridgehead atoms. The van der Waals surface area contributed by atoms with Crippen molar-refractivity contribution in [1.29, 1.82) is 0 Å². The standard InChI is InChI=1S/C21H21NO/c1-21(2)10-9-17(13-20(21)23)22-16-7-8-19-15(12-16)11-14-5-3-4-6-18(14)19/h3-8,12-13,22H,9-11H2,1-2H3. The molecule has 0 fully saturated rings. The zero-order chi connectivity index (χ0) is 16.0. The number of rotatable bonds is 2. The molecule has 0 radical (unpaired) electrons. The fraction of sp³-hybridized carbons (Fsp3) is 0.286. The van der Waals surface area contributed by atoms with Crippen molar-refractivity contribution in [2.45, 2.75) is 33.1 Å². The SMILES string of the molecule is CC1(C)CCC(Nc2ccc3c(c2)Cc2ccccc2-3)=CC1=O. The molecule has 2 aliphatic carbocycles. The summed E-state index contributed by atoms with van der Waals surface area (Å²) in [6.07, 6.45) is 4.61. The van der Waals surface area contributed by atoms with Gasteiger partial charge >= 0.3 is 0 Å². The quantitative estimate of drug-likeness (QED) is 0.726. The highest BCUT2D eigenvalue weighted by molar-refractivity contribution is 5.96. The maximum absolute atomic E-state index is 12.1. The number of fused-ring (bicyclic) bond motifs is 3. The van der Waals surface area contributed by atoms with E-state index in [0.29, 0.717) is 0 Å². The second kappa shape index (κ2) is 5.09. The molecular weight excluding hydrogens is 282 g/mol. The minimum Gasteiger partial charge on any atom is -0.359 e. The molecule has 2 aromatic carbocycles. The molecule has 116 valence electrons. The molecule has 0 saturated heterocycles. The Labute approximate surface area is 137 Å². The van der Waals surface area contributed by atoms with E-state index in [-0.39, 0.29) is 11.2 Å². The van der Waals surface area contributed by atoms with Crippen LogP contribution < -0.4 is 5.32 Å². The number of allylic oxidation sites excluding steroid dienone is 2. The number of carbonyl (C=O) groups is 1. The van der Waals surface area contributed by atoms with Gasteiger partial charge in [-0.15, -0.1) is 0 Å². The van der Waals surface area contributed by atoms with E-state index >= 15 is 0 Å². The van der Waals surface area contributed by atoms with Gasteiger partial charge in [0.25, 0.3) is 0 Å². The van der Waals surface area contributed by atoms with Crippen molar-refractivity contribution in [3.63, 3.8) is 0 Å². The first-order valence-corrected chi connectivity index (χ1v) is 8.26. The van der Waals surface area contributed by atoms with Crippen molar-refractivity contribution < 1.29 is 4.79 Å². The molecule has 0 amide bonds. The lowest BCUT2D eigenvalue weighted by Gasteiger charge is -2.27. The first-order valence-electron chi connectivity index (χ1n) is 8.26. The summed E-state index contributed by atoms with van der Waals surface area (Å²) in [5, 5.41) is 3.45. The van der Waals surface area contributed by atoms with Crippen LogP contribution in [0.15, 0.2) is 54.2 Å². The average Bonchev–Trinajstić information content (AvgIpc) is 2.89. The van der Waals surface area contributed by atoms with Crippen molar-refractivity contribution in [3.05, 3.63) is 65.4 Å². The summed E-state index contributed by atoms with van der Waals surface area (Å²) in [5.74, 6) is 0.222. The number of carbonyl (C=O) groups excluding carboxylic acids is 1. The minimum atomic E-state index is -0.218. The van der Waals surface area contributed by atoms with Gasteiger partial charge in [-0.05, 0) is 53.6 Å². The van der Waals surface area contributed by atoms with E-state index in [1.165, 1.54) is 22.3 Å². The van der Waals surface area contributed by atoms with E-state index in [4.69, 9.17) is 0 Å². The maximum Gasteiger partial charge on any atom is 0.163 e. The van der Waals surface area contributed by atoms with E-state index in [1.807, 2.05) is 13.8 Å². The number of anilines is 1. The van der Waals surface area contributed by atoms with Crippen LogP contribution in [0.3, 0.4) is 0 Å². The van der Waals surface area contributed by atoms with Crippen LogP contribution in [0.4, 0.5) is 5.69 Å². The summed E-state index contributed by atoms with van der Waals surface area (Å²) in [6.45, 7) is 4.05. The number of hydrogen-bond acceptors (Lipinski definition) is 2. The topological polar surface area (TPSA) is 29.1 Å². The van der Waals surface area contributed by atoms with E-state index in [9.17, 15) is 4.79 Å². The highest BCUT2D eigenvalue weighted by Gasteiger charge is 2.30. The van der Waals surface area contributed by atoms with Crippen molar-refractivity contribution >= 4 is 11.5 Å². The monoisotopic (exact) mass is 303 g/mol. The smallest absolute Gasteiger partial charge is 0.163 e. The van der Waals surface area contributed by atoms with Gasteiger partial charge in [-0.25, -0.2) is 0 Å². The van der Waals surface area contributed by atoms with Crippen LogP contribution in [-0.4, -0.2) is 5.78 Å². The Balaban J connectivity index is 1.59. The van der Waals surface area contributed by atoms with Gasteiger partial charge in [-0.1, -0.05) is 44.2 Å². The molecule has 0 unspecified atom stereocenters. The lowest BCUT2D eigenvalue weighted by atomic mass is 9.79. The molecule has 2 nitrogen and oxygen atoms in total. The fourth-order valence-electron chi connectivity index (χ4n) is 3.50. The molecule has 0 saturated carbocycles. The van der Waals surface area contributed by atoms with E-state index in [0.717, 1.165) is 30.6 Å². The van der Waals surface area contributed by atoms with E-state index < -0.39 is 0 Å². The van der Waals surface area contributed by atoms with Crippen LogP contribution in [0, 0.1) is 5.41 Å². The van der Waals surface area contributed by atoms with Gasteiger partial charge in [-0.2, -0.15) is 0 Å². The lowest BCUT2D eigenvalue weighted by Crippen LogP contribution is -2.27. The molecule has 1 N–H and O–H groups in total. The first-order chi connectivity index (χ1) is 11.0. The summed E-state index contributed by atoms with van der Waals surface area (Å²) in [6, 6.07) is 15.1. The van der Waals surface area contributed by atoms with Crippen molar-refractivity contribution in [1.82, 2.24) is 0 Å². The molecule has 4 rings (SSSR count). The third-order valence-electron chi connectivity index (χ3n) is 5.09.